The van der Waals surface area contributed by atoms with Crippen molar-refractivity contribution in [1.29, 1.82) is 0 Å². The summed E-state index contributed by atoms with van der Waals surface area (Å²) in [6, 6.07) is 0. The Labute approximate surface area is 122 Å². The highest BCUT2D eigenvalue weighted by Crippen LogP contribution is 2.21. The van der Waals surface area contributed by atoms with Crippen molar-refractivity contribution in [2.75, 3.05) is 0 Å². The lowest BCUT2D eigenvalue weighted by molar-refractivity contribution is 0.173. The van der Waals surface area contributed by atoms with Crippen molar-refractivity contribution in [3.05, 3.63) is 0 Å². The monoisotopic (exact) mass is 270 g/mol. The second kappa shape index (κ2) is 11.8. The Bertz CT molecular complexity index is 188. The zero-order valence-corrected chi connectivity index (χ0v) is 14.1. The van der Waals surface area contributed by atoms with Crippen LogP contribution in [0.5, 0.6) is 0 Å². The molecule has 4 unspecified atom stereocenters. The van der Waals surface area contributed by atoms with Gasteiger partial charge in [0.2, 0.25) is 0 Å². The average Bonchev–Trinajstić information content (AvgIpc) is 2.36. The summed E-state index contributed by atoms with van der Waals surface area (Å²) in [6.07, 6.45) is 11.7. The lowest BCUT2D eigenvalue weighted by Gasteiger charge is -2.16. The van der Waals surface area contributed by atoms with E-state index in [0.717, 1.165) is 24.2 Å². The molecule has 0 spiro atoms. The maximum absolute atomic E-state index is 9.28. The summed E-state index contributed by atoms with van der Waals surface area (Å²) in [5, 5.41) is 9.28. The first-order valence-corrected chi connectivity index (χ1v) is 8.63. The van der Waals surface area contributed by atoms with Gasteiger partial charge in [-0.15, -0.1) is 0 Å². The van der Waals surface area contributed by atoms with E-state index < -0.39 is 0 Å². The molecule has 0 aromatic heterocycles. The first kappa shape index (κ1) is 19.0. The Morgan fingerprint density at radius 1 is 0.632 bits per heavy atom. The summed E-state index contributed by atoms with van der Waals surface area (Å²) in [7, 11) is 0. The average molecular weight is 271 g/mol. The molecule has 1 nitrogen and oxygen atoms in total. The van der Waals surface area contributed by atoms with Gasteiger partial charge in [-0.05, 0) is 37.5 Å². The van der Waals surface area contributed by atoms with Crippen LogP contribution in [-0.2, 0) is 0 Å². The van der Waals surface area contributed by atoms with E-state index in [4.69, 9.17) is 0 Å². The van der Waals surface area contributed by atoms with Gasteiger partial charge in [-0.2, -0.15) is 0 Å². The highest BCUT2D eigenvalue weighted by molar-refractivity contribution is 4.60. The molecule has 0 aliphatic heterocycles. The van der Waals surface area contributed by atoms with Crippen LogP contribution in [0.2, 0.25) is 0 Å². The van der Waals surface area contributed by atoms with E-state index in [2.05, 4.69) is 27.7 Å². The van der Waals surface area contributed by atoms with Crippen LogP contribution in [0.25, 0.3) is 0 Å². The third-order valence-corrected chi connectivity index (χ3v) is 4.56. The molecule has 116 valence electrons. The van der Waals surface area contributed by atoms with E-state index >= 15 is 0 Å². The molecule has 19 heavy (non-hydrogen) atoms. The number of rotatable bonds is 12. The molecule has 0 saturated carbocycles. The van der Waals surface area contributed by atoms with Crippen molar-refractivity contribution in [3.8, 4) is 0 Å². The molecule has 0 radical (unpaired) electrons. The molecule has 0 aromatic carbocycles. The minimum atomic E-state index is -0.123. The molecule has 0 fully saturated rings. The van der Waals surface area contributed by atoms with Crippen molar-refractivity contribution in [2.45, 2.75) is 98.5 Å². The fourth-order valence-corrected chi connectivity index (χ4v) is 2.65. The fourth-order valence-electron chi connectivity index (χ4n) is 2.65. The molecule has 0 aliphatic rings. The molecular weight excluding hydrogens is 232 g/mol. The molecule has 4 atom stereocenters. The predicted molar refractivity (Wildman–Crippen MR) is 86.4 cm³/mol. The summed E-state index contributed by atoms with van der Waals surface area (Å²) in [5.74, 6) is 2.59. The van der Waals surface area contributed by atoms with Gasteiger partial charge in [0.25, 0.3) is 0 Å². The van der Waals surface area contributed by atoms with E-state index in [1.54, 1.807) is 0 Å². The zero-order valence-electron chi connectivity index (χ0n) is 14.1. The third kappa shape index (κ3) is 12.7. The van der Waals surface area contributed by atoms with Crippen molar-refractivity contribution in [3.63, 3.8) is 0 Å². The van der Waals surface area contributed by atoms with E-state index in [-0.39, 0.29) is 6.10 Å². The second-order valence-electron chi connectivity index (χ2n) is 7.01. The first-order chi connectivity index (χ1) is 8.95. The van der Waals surface area contributed by atoms with Gasteiger partial charge in [-0.1, -0.05) is 72.6 Å². The van der Waals surface area contributed by atoms with Gasteiger partial charge in [0.15, 0.2) is 0 Å². The van der Waals surface area contributed by atoms with Gasteiger partial charge in [-0.3, -0.25) is 0 Å². The van der Waals surface area contributed by atoms with E-state index in [0.29, 0.717) is 0 Å². The predicted octanol–water partition coefficient (Wildman–Crippen LogP) is 5.81. The summed E-state index contributed by atoms with van der Waals surface area (Å²) in [5.41, 5.74) is 0. The molecular formula is C18H38O. The lowest BCUT2D eigenvalue weighted by atomic mass is 9.91. The number of hydrogen-bond acceptors (Lipinski definition) is 1. The van der Waals surface area contributed by atoms with Crippen LogP contribution in [0.4, 0.5) is 0 Å². The normalized spacial score (nSPS) is 18.0. The van der Waals surface area contributed by atoms with Gasteiger partial charge in [-0.25, -0.2) is 0 Å². The van der Waals surface area contributed by atoms with Gasteiger partial charge >= 0.3 is 0 Å². The van der Waals surface area contributed by atoms with Crippen molar-refractivity contribution in [1.82, 2.24) is 0 Å². The summed E-state index contributed by atoms with van der Waals surface area (Å²) in [6.45, 7) is 11.3. The van der Waals surface area contributed by atoms with Crippen LogP contribution >= 0.6 is 0 Å². The molecule has 0 saturated heterocycles. The van der Waals surface area contributed by atoms with Gasteiger partial charge in [0, 0.05) is 0 Å². The molecule has 0 aliphatic carbocycles. The summed E-state index contributed by atoms with van der Waals surface area (Å²) < 4.78 is 0. The smallest absolute Gasteiger partial charge is 0.0512 e. The SMILES string of the molecule is CCC(C)CCCC(C)CCCC(C)CCC(C)O. The second-order valence-corrected chi connectivity index (χ2v) is 7.01. The molecule has 0 bridgehead atoms. The Hall–Kier alpha value is -0.0400. The number of aliphatic hydroxyl groups is 1. The molecule has 0 amide bonds. The van der Waals surface area contributed by atoms with Crippen LogP contribution in [0.1, 0.15) is 92.4 Å². The number of hydrogen-bond donors (Lipinski definition) is 1. The molecule has 0 heterocycles. The minimum absolute atomic E-state index is 0.123. The van der Waals surface area contributed by atoms with Crippen LogP contribution < -0.4 is 0 Å². The van der Waals surface area contributed by atoms with Gasteiger partial charge < -0.3 is 5.11 Å². The topological polar surface area (TPSA) is 20.2 Å². The maximum Gasteiger partial charge on any atom is 0.0512 e. The van der Waals surface area contributed by atoms with Gasteiger partial charge in [0.1, 0.15) is 0 Å². The quantitative estimate of drug-likeness (QED) is 0.474. The van der Waals surface area contributed by atoms with Gasteiger partial charge in [0.05, 0.1) is 6.10 Å². The summed E-state index contributed by atoms with van der Waals surface area (Å²) in [4.78, 5) is 0. The zero-order chi connectivity index (χ0) is 14.7. The molecule has 1 N–H and O–H groups in total. The van der Waals surface area contributed by atoms with E-state index in [1.165, 1.54) is 51.4 Å². The first-order valence-electron chi connectivity index (χ1n) is 8.63. The lowest BCUT2D eigenvalue weighted by Crippen LogP contribution is -2.04. The maximum atomic E-state index is 9.28. The highest BCUT2D eigenvalue weighted by Gasteiger charge is 2.07. The molecule has 0 rings (SSSR count). The van der Waals surface area contributed by atoms with Crippen LogP contribution in [0.15, 0.2) is 0 Å². The minimum Gasteiger partial charge on any atom is -0.393 e. The van der Waals surface area contributed by atoms with Crippen LogP contribution in [0, 0.1) is 17.8 Å². The van der Waals surface area contributed by atoms with Crippen LogP contribution in [0.3, 0.4) is 0 Å². The molecule has 1 heteroatoms. The Balaban J connectivity index is 3.44. The number of aliphatic hydroxyl groups excluding tert-OH is 1. The molecule has 0 aromatic rings. The third-order valence-electron chi connectivity index (χ3n) is 4.56. The van der Waals surface area contributed by atoms with Crippen molar-refractivity contribution >= 4 is 0 Å². The Morgan fingerprint density at radius 3 is 1.47 bits per heavy atom. The largest absolute Gasteiger partial charge is 0.393 e. The van der Waals surface area contributed by atoms with Crippen LogP contribution in [-0.4, -0.2) is 11.2 Å². The Morgan fingerprint density at radius 2 is 1.05 bits per heavy atom. The van der Waals surface area contributed by atoms with E-state index in [9.17, 15) is 5.11 Å². The summed E-state index contributed by atoms with van der Waals surface area (Å²) >= 11 is 0. The van der Waals surface area contributed by atoms with Crippen molar-refractivity contribution in [2.24, 2.45) is 17.8 Å². The highest BCUT2D eigenvalue weighted by atomic mass is 16.3. The fraction of sp³-hybridized carbons (Fsp3) is 1.00. The van der Waals surface area contributed by atoms with Crippen molar-refractivity contribution < 1.29 is 5.11 Å². The van der Waals surface area contributed by atoms with E-state index in [1.807, 2.05) is 6.92 Å². The Kier molecular flexibility index (Phi) is 11.7. The standard InChI is InChI=1S/C18H38O/c1-6-15(2)9-7-10-16(3)11-8-12-17(4)13-14-18(5)19/h15-19H,6-14H2,1-5H3.